The van der Waals surface area contributed by atoms with Crippen LogP contribution in [0, 0.1) is 6.92 Å². The summed E-state index contributed by atoms with van der Waals surface area (Å²) < 4.78 is 6.41. The van der Waals surface area contributed by atoms with Crippen molar-refractivity contribution >= 4 is 17.4 Å². The van der Waals surface area contributed by atoms with Crippen LogP contribution >= 0.6 is 11.6 Å². The van der Waals surface area contributed by atoms with Crippen molar-refractivity contribution in [3.63, 3.8) is 0 Å². The number of fused-ring (bicyclic) bond motifs is 1. The number of ether oxygens (including phenoxy) is 1. The molecule has 0 aliphatic carbocycles. The molecule has 0 aliphatic heterocycles. The standard InChI is InChI=1S/C9H11ClN4O/c1-4-6-5(2)7(10)14-8(11-6)12-9(13-14)15-3/h4H2,1-3H3. The lowest BCUT2D eigenvalue weighted by atomic mass is 10.2. The zero-order valence-electron chi connectivity index (χ0n) is 8.78. The monoisotopic (exact) mass is 226 g/mol. The number of aromatic nitrogens is 4. The smallest absolute Gasteiger partial charge is 0.337 e. The second-order valence-corrected chi connectivity index (χ2v) is 3.50. The minimum absolute atomic E-state index is 0.275. The van der Waals surface area contributed by atoms with E-state index in [0.717, 1.165) is 17.7 Å². The van der Waals surface area contributed by atoms with Crippen molar-refractivity contribution in [1.29, 1.82) is 0 Å². The molecule has 0 aliphatic rings. The lowest BCUT2D eigenvalue weighted by Gasteiger charge is -2.04. The summed E-state index contributed by atoms with van der Waals surface area (Å²) in [5.74, 6) is 0.472. The Morgan fingerprint density at radius 1 is 1.40 bits per heavy atom. The molecular weight excluding hydrogens is 216 g/mol. The van der Waals surface area contributed by atoms with E-state index in [-0.39, 0.29) is 6.01 Å². The quantitative estimate of drug-likeness (QED) is 0.731. The first-order valence-electron chi connectivity index (χ1n) is 4.63. The Balaban J connectivity index is 2.75. The van der Waals surface area contributed by atoms with Gasteiger partial charge in [0.15, 0.2) is 0 Å². The van der Waals surface area contributed by atoms with Crippen LogP contribution in [-0.2, 0) is 6.42 Å². The number of hydrogen-bond acceptors (Lipinski definition) is 4. The van der Waals surface area contributed by atoms with Crippen molar-refractivity contribution in [3.8, 4) is 6.01 Å². The third kappa shape index (κ3) is 1.52. The molecule has 2 heterocycles. The number of rotatable bonds is 2. The van der Waals surface area contributed by atoms with E-state index in [1.165, 1.54) is 11.6 Å². The SMILES string of the molecule is CCc1nc2nc(OC)nn2c(Cl)c1C. The van der Waals surface area contributed by atoms with Gasteiger partial charge in [0.2, 0.25) is 0 Å². The molecule has 0 aromatic carbocycles. The maximum Gasteiger partial charge on any atom is 0.337 e. The van der Waals surface area contributed by atoms with E-state index < -0.39 is 0 Å². The van der Waals surface area contributed by atoms with Crippen LogP contribution in [-0.4, -0.2) is 26.7 Å². The van der Waals surface area contributed by atoms with Gasteiger partial charge >= 0.3 is 6.01 Å². The molecule has 2 aromatic heterocycles. The first-order valence-corrected chi connectivity index (χ1v) is 5.01. The molecule has 0 unspecified atom stereocenters. The minimum Gasteiger partial charge on any atom is -0.466 e. The maximum absolute atomic E-state index is 6.15. The average Bonchev–Trinajstić information content (AvgIpc) is 2.66. The first-order chi connectivity index (χ1) is 7.17. The van der Waals surface area contributed by atoms with Gasteiger partial charge in [-0.15, -0.1) is 5.10 Å². The van der Waals surface area contributed by atoms with Crippen LogP contribution in [0.5, 0.6) is 6.01 Å². The molecule has 6 heteroatoms. The Bertz CT molecular complexity index is 508. The topological polar surface area (TPSA) is 52.3 Å². The lowest BCUT2D eigenvalue weighted by molar-refractivity contribution is 0.380. The van der Waals surface area contributed by atoms with E-state index in [1.54, 1.807) is 0 Å². The Morgan fingerprint density at radius 3 is 2.73 bits per heavy atom. The summed E-state index contributed by atoms with van der Waals surface area (Å²) in [6.45, 7) is 3.94. The minimum atomic E-state index is 0.275. The number of methoxy groups -OCH3 is 1. The van der Waals surface area contributed by atoms with Crippen molar-refractivity contribution < 1.29 is 4.74 Å². The normalized spacial score (nSPS) is 10.9. The zero-order valence-corrected chi connectivity index (χ0v) is 9.54. The van der Waals surface area contributed by atoms with Gasteiger partial charge in [-0.25, -0.2) is 4.98 Å². The summed E-state index contributed by atoms with van der Waals surface area (Å²) in [6.07, 6.45) is 0.817. The van der Waals surface area contributed by atoms with E-state index in [2.05, 4.69) is 15.1 Å². The molecule has 0 atom stereocenters. The molecule has 0 amide bonds. The fraction of sp³-hybridized carbons (Fsp3) is 0.444. The van der Waals surface area contributed by atoms with Crippen LogP contribution in [0.3, 0.4) is 0 Å². The zero-order chi connectivity index (χ0) is 11.0. The third-order valence-electron chi connectivity index (χ3n) is 2.25. The second kappa shape index (κ2) is 3.66. The summed E-state index contributed by atoms with van der Waals surface area (Å²) in [7, 11) is 1.51. The van der Waals surface area contributed by atoms with Gasteiger partial charge in [0.05, 0.1) is 12.8 Å². The van der Waals surface area contributed by atoms with Gasteiger partial charge in [-0.1, -0.05) is 18.5 Å². The van der Waals surface area contributed by atoms with E-state index in [4.69, 9.17) is 16.3 Å². The summed E-state index contributed by atoms with van der Waals surface area (Å²) in [6, 6.07) is 0.275. The van der Waals surface area contributed by atoms with Crippen LogP contribution in [0.25, 0.3) is 5.78 Å². The van der Waals surface area contributed by atoms with Gasteiger partial charge in [-0.05, 0) is 13.3 Å². The Labute approximate surface area is 92.1 Å². The van der Waals surface area contributed by atoms with Crippen LogP contribution in [0.15, 0.2) is 0 Å². The van der Waals surface area contributed by atoms with Gasteiger partial charge in [0, 0.05) is 5.56 Å². The average molecular weight is 227 g/mol. The van der Waals surface area contributed by atoms with Gasteiger partial charge in [0.1, 0.15) is 5.15 Å². The largest absolute Gasteiger partial charge is 0.466 e. The van der Waals surface area contributed by atoms with Crippen molar-refractivity contribution in [2.24, 2.45) is 0 Å². The predicted molar refractivity (Wildman–Crippen MR) is 56.5 cm³/mol. The van der Waals surface area contributed by atoms with Crippen LogP contribution in [0.4, 0.5) is 0 Å². The molecule has 0 fully saturated rings. The molecule has 0 spiro atoms. The summed E-state index contributed by atoms with van der Waals surface area (Å²) in [4.78, 5) is 8.42. The van der Waals surface area contributed by atoms with Crippen LogP contribution < -0.4 is 4.74 Å². The molecule has 80 valence electrons. The third-order valence-corrected chi connectivity index (χ3v) is 2.69. The molecule has 0 radical (unpaired) electrons. The predicted octanol–water partition coefficient (Wildman–Crippen LogP) is 1.66. The van der Waals surface area contributed by atoms with Crippen molar-refractivity contribution in [1.82, 2.24) is 19.6 Å². The van der Waals surface area contributed by atoms with Gasteiger partial charge in [-0.3, -0.25) is 0 Å². The lowest BCUT2D eigenvalue weighted by Crippen LogP contribution is -2.01. The Kier molecular flexibility index (Phi) is 2.48. The van der Waals surface area contributed by atoms with E-state index >= 15 is 0 Å². The number of aryl methyl sites for hydroxylation is 1. The molecule has 5 nitrogen and oxygen atoms in total. The molecule has 0 saturated heterocycles. The summed E-state index contributed by atoms with van der Waals surface area (Å²) >= 11 is 6.15. The summed E-state index contributed by atoms with van der Waals surface area (Å²) in [5.41, 5.74) is 1.86. The molecular formula is C9H11ClN4O. The fourth-order valence-electron chi connectivity index (χ4n) is 1.40. The first kappa shape index (κ1) is 10.2. The van der Waals surface area contributed by atoms with E-state index in [9.17, 15) is 0 Å². The van der Waals surface area contributed by atoms with Crippen LogP contribution in [0.1, 0.15) is 18.2 Å². The maximum atomic E-state index is 6.15. The number of halogens is 1. The molecule has 15 heavy (non-hydrogen) atoms. The van der Waals surface area contributed by atoms with Gasteiger partial charge in [-0.2, -0.15) is 9.50 Å². The fourth-order valence-corrected chi connectivity index (χ4v) is 1.63. The van der Waals surface area contributed by atoms with Crippen molar-refractivity contribution in [3.05, 3.63) is 16.4 Å². The number of nitrogens with zero attached hydrogens (tertiary/aromatic N) is 4. The molecule has 2 rings (SSSR count). The highest BCUT2D eigenvalue weighted by Crippen LogP contribution is 2.20. The van der Waals surface area contributed by atoms with Crippen molar-refractivity contribution in [2.45, 2.75) is 20.3 Å². The molecule has 0 saturated carbocycles. The van der Waals surface area contributed by atoms with E-state index in [1.807, 2.05) is 13.8 Å². The summed E-state index contributed by atoms with van der Waals surface area (Å²) in [5, 5.41) is 4.59. The van der Waals surface area contributed by atoms with Gasteiger partial charge in [0.25, 0.3) is 5.78 Å². The second-order valence-electron chi connectivity index (χ2n) is 3.14. The highest BCUT2D eigenvalue weighted by atomic mass is 35.5. The Morgan fingerprint density at radius 2 is 2.13 bits per heavy atom. The highest BCUT2D eigenvalue weighted by molar-refractivity contribution is 6.30. The van der Waals surface area contributed by atoms with Crippen LogP contribution in [0.2, 0.25) is 5.15 Å². The van der Waals surface area contributed by atoms with Gasteiger partial charge < -0.3 is 4.74 Å². The molecule has 2 aromatic rings. The number of hydrogen-bond donors (Lipinski definition) is 0. The molecule has 0 bridgehead atoms. The van der Waals surface area contributed by atoms with Crippen molar-refractivity contribution in [2.75, 3.05) is 7.11 Å². The van der Waals surface area contributed by atoms with E-state index in [0.29, 0.717) is 10.9 Å². The Hall–Kier alpha value is -1.36. The molecule has 0 N–H and O–H groups in total. The highest BCUT2D eigenvalue weighted by Gasteiger charge is 2.13.